The zero-order chi connectivity index (χ0) is 13.8. The molecule has 2 unspecified atom stereocenters. The summed E-state index contributed by atoms with van der Waals surface area (Å²) in [5.74, 6) is 1.09. The molecular weight excluding hydrogens is 284 g/mol. The van der Waals surface area contributed by atoms with Crippen LogP contribution in [0.4, 0.5) is 0 Å². The van der Waals surface area contributed by atoms with E-state index in [-0.39, 0.29) is 30.4 Å². The lowest BCUT2D eigenvalue weighted by atomic mass is 10.1. The first-order valence-corrected chi connectivity index (χ1v) is 6.39. The number of aliphatic hydroxyl groups excluding tert-OH is 1. The van der Waals surface area contributed by atoms with Crippen LogP contribution in [0.15, 0.2) is 10.5 Å². The molecule has 2 rings (SSSR count). The van der Waals surface area contributed by atoms with Gasteiger partial charge in [-0.05, 0) is 13.0 Å². The van der Waals surface area contributed by atoms with E-state index in [1.807, 2.05) is 0 Å². The summed E-state index contributed by atoms with van der Waals surface area (Å²) >= 11 is 0. The number of halogens is 1. The molecule has 0 saturated carbocycles. The number of rotatable bonds is 5. The molecule has 1 fully saturated rings. The largest absolute Gasteiger partial charge is 0.465 e. The smallest absolute Gasteiger partial charge is 0.341 e. The first kappa shape index (κ1) is 17.0. The topological polar surface area (TPSA) is 83.7 Å². The number of furan rings is 1. The third-order valence-electron chi connectivity index (χ3n) is 3.38. The van der Waals surface area contributed by atoms with E-state index in [1.165, 1.54) is 7.11 Å². The molecule has 6 nitrogen and oxygen atoms in total. The van der Waals surface area contributed by atoms with Crippen molar-refractivity contribution in [2.75, 3.05) is 26.7 Å². The number of carbonyl (C=O) groups is 1. The van der Waals surface area contributed by atoms with Crippen LogP contribution in [0.1, 0.15) is 21.9 Å². The number of methoxy groups -OCH3 is 1. The summed E-state index contributed by atoms with van der Waals surface area (Å²) in [5.41, 5.74) is 0.460. The van der Waals surface area contributed by atoms with Gasteiger partial charge in [-0.2, -0.15) is 0 Å². The Bertz CT molecular complexity index is 450. The Labute approximate surface area is 124 Å². The fraction of sp³-hybridized carbons (Fsp3) is 0.615. The van der Waals surface area contributed by atoms with Gasteiger partial charge in [0.1, 0.15) is 17.1 Å². The van der Waals surface area contributed by atoms with Crippen molar-refractivity contribution in [1.29, 1.82) is 0 Å². The summed E-state index contributed by atoms with van der Waals surface area (Å²) in [6.45, 7) is 4.44. The van der Waals surface area contributed by atoms with Gasteiger partial charge in [0.15, 0.2) is 0 Å². The van der Waals surface area contributed by atoms with Gasteiger partial charge in [0.05, 0.1) is 19.8 Å². The maximum Gasteiger partial charge on any atom is 0.341 e. The zero-order valence-corrected chi connectivity index (χ0v) is 12.5. The van der Waals surface area contributed by atoms with Crippen LogP contribution in [-0.4, -0.2) is 43.9 Å². The maximum atomic E-state index is 11.4. The van der Waals surface area contributed by atoms with E-state index in [9.17, 15) is 9.90 Å². The van der Waals surface area contributed by atoms with Crippen LogP contribution in [0.3, 0.4) is 0 Å². The minimum atomic E-state index is -0.386. The molecule has 20 heavy (non-hydrogen) atoms. The number of nitrogens with one attached hydrogen (secondary N) is 2. The Hall–Kier alpha value is -1.08. The van der Waals surface area contributed by atoms with Crippen molar-refractivity contribution in [3.63, 3.8) is 0 Å². The van der Waals surface area contributed by atoms with Crippen molar-refractivity contribution < 1.29 is 19.1 Å². The molecule has 1 aromatic rings. The summed E-state index contributed by atoms with van der Waals surface area (Å²) in [4.78, 5) is 11.4. The standard InChI is InChI=1S/C13H20N2O4.ClH/c1-8-11(13(17)18-2)3-10(19-8)6-14-4-9-5-15-7-12(9)16;/h3,9,12,14-16H,4-7H2,1-2H3;1H. The molecule has 7 heteroatoms. The van der Waals surface area contributed by atoms with Crippen molar-refractivity contribution in [2.45, 2.75) is 19.6 Å². The van der Waals surface area contributed by atoms with Gasteiger partial charge in [-0.1, -0.05) is 0 Å². The second-order valence-corrected chi connectivity index (χ2v) is 4.79. The van der Waals surface area contributed by atoms with Crippen molar-refractivity contribution in [2.24, 2.45) is 5.92 Å². The van der Waals surface area contributed by atoms with E-state index in [4.69, 9.17) is 4.42 Å². The van der Waals surface area contributed by atoms with Crippen molar-refractivity contribution >= 4 is 18.4 Å². The molecule has 0 spiro atoms. The Morgan fingerprint density at radius 3 is 2.95 bits per heavy atom. The Kier molecular flexibility index (Phi) is 6.48. The van der Waals surface area contributed by atoms with E-state index in [1.54, 1.807) is 13.0 Å². The highest BCUT2D eigenvalue weighted by Crippen LogP contribution is 2.15. The van der Waals surface area contributed by atoms with Crippen molar-refractivity contribution in [3.8, 4) is 0 Å². The minimum absolute atomic E-state index is 0. The van der Waals surface area contributed by atoms with Crippen LogP contribution in [-0.2, 0) is 11.3 Å². The molecule has 114 valence electrons. The van der Waals surface area contributed by atoms with Crippen LogP contribution >= 0.6 is 12.4 Å². The molecule has 0 aromatic carbocycles. The highest BCUT2D eigenvalue weighted by atomic mass is 35.5. The molecule has 3 N–H and O–H groups in total. The molecule has 1 aliphatic rings. The predicted octanol–water partition coefficient (Wildman–Crippen LogP) is 0.466. The second kappa shape index (κ2) is 7.64. The van der Waals surface area contributed by atoms with Crippen LogP contribution in [0.25, 0.3) is 0 Å². The molecule has 2 heterocycles. The summed E-state index contributed by atoms with van der Waals surface area (Å²) in [6, 6.07) is 1.69. The number of hydrogen-bond acceptors (Lipinski definition) is 6. The lowest BCUT2D eigenvalue weighted by Gasteiger charge is -2.13. The van der Waals surface area contributed by atoms with Gasteiger partial charge in [0.25, 0.3) is 0 Å². The van der Waals surface area contributed by atoms with Crippen LogP contribution in [0.5, 0.6) is 0 Å². The van der Waals surface area contributed by atoms with Gasteiger partial charge in [-0.15, -0.1) is 12.4 Å². The molecule has 1 saturated heterocycles. The monoisotopic (exact) mass is 304 g/mol. The average Bonchev–Trinajstić information content (AvgIpc) is 2.96. The SMILES string of the molecule is COC(=O)c1cc(CNCC2CNCC2O)oc1C.Cl. The van der Waals surface area contributed by atoms with Gasteiger partial charge >= 0.3 is 5.97 Å². The van der Waals surface area contributed by atoms with Gasteiger partial charge < -0.3 is 24.9 Å². The zero-order valence-electron chi connectivity index (χ0n) is 11.6. The highest BCUT2D eigenvalue weighted by Gasteiger charge is 2.24. The molecule has 1 aromatic heterocycles. The Morgan fingerprint density at radius 2 is 2.35 bits per heavy atom. The molecule has 0 bridgehead atoms. The number of ether oxygens (including phenoxy) is 1. The Morgan fingerprint density at radius 1 is 1.60 bits per heavy atom. The normalized spacial score (nSPS) is 21.6. The summed E-state index contributed by atoms with van der Waals surface area (Å²) < 4.78 is 10.2. The van der Waals surface area contributed by atoms with Crippen LogP contribution < -0.4 is 10.6 Å². The van der Waals surface area contributed by atoms with Crippen molar-refractivity contribution in [3.05, 3.63) is 23.2 Å². The number of β-amino-alcohol motifs (C(OH)–C–C–N with tert-alkyl or cyclic N) is 1. The third-order valence-corrected chi connectivity index (χ3v) is 3.38. The van der Waals surface area contributed by atoms with E-state index < -0.39 is 0 Å². The lowest BCUT2D eigenvalue weighted by Crippen LogP contribution is -2.30. The fourth-order valence-electron chi connectivity index (χ4n) is 2.25. The average molecular weight is 305 g/mol. The molecule has 0 amide bonds. The maximum absolute atomic E-state index is 11.4. The minimum Gasteiger partial charge on any atom is -0.465 e. The second-order valence-electron chi connectivity index (χ2n) is 4.79. The first-order chi connectivity index (χ1) is 9.11. The number of aryl methyl sites for hydroxylation is 1. The fourth-order valence-corrected chi connectivity index (χ4v) is 2.25. The van der Waals surface area contributed by atoms with Gasteiger partial charge in [-0.25, -0.2) is 4.79 Å². The summed E-state index contributed by atoms with van der Waals surface area (Å²) in [7, 11) is 1.35. The first-order valence-electron chi connectivity index (χ1n) is 6.39. The van der Waals surface area contributed by atoms with E-state index in [0.29, 0.717) is 36.7 Å². The molecule has 1 aliphatic heterocycles. The van der Waals surface area contributed by atoms with E-state index in [2.05, 4.69) is 15.4 Å². The quantitative estimate of drug-likeness (QED) is 0.686. The number of esters is 1. The lowest BCUT2D eigenvalue weighted by molar-refractivity contribution is 0.0599. The van der Waals surface area contributed by atoms with Crippen LogP contribution in [0.2, 0.25) is 0 Å². The van der Waals surface area contributed by atoms with Gasteiger partial charge in [-0.3, -0.25) is 0 Å². The molecule has 0 radical (unpaired) electrons. The number of hydrogen-bond donors (Lipinski definition) is 3. The molecule has 0 aliphatic carbocycles. The van der Waals surface area contributed by atoms with Gasteiger partial charge in [0, 0.05) is 25.6 Å². The van der Waals surface area contributed by atoms with Crippen molar-refractivity contribution in [1.82, 2.24) is 10.6 Å². The van der Waals surface area contributed by atoms with Crippen LogP contribution in [0, 0.1) is 12.8 Å². The summed E-state index contributed by atoms with van der Waals surface area (Å²) in [6.07, 6.45) is -0.295. The van der Waals surface area contributed by atoms with E-state index in [0.717, 1.165) is 6.54 Å². The predicted molar refractivity (Wildman–Crippen MR) is 76.1 cm³/mol. The third kappa shape index (κ3) is 3.96. The molecule has 2 atom stereocenters. The molecular formula is C13H21ClN2O4. The summed E-state index contributed by atoms with van der Waals surface area (Å²) in [5, 5.41) is 16.0. The van der Waals surface area contributed by atoms with E-state index >= 15 is 0 Å². The number of carbonyl (C=O) groups excluding carboxylic acids is 1. The van der Waals surface area contributed by atoms with Gasteiger partial charge in [0.2, 0.25) is 0 Å². The number of aliphatic hydroxyl groups is 1. The Balaban J connectivity index is 0.00000200. The highest BCUT2D eigenvalue weighted by molar-refractivity contribution is 5.90.